The summed E-state index contributed by atoms with van der Waals surface area (Å²) in [5.74, 6) is 0. The summed E-state index contributed by atoms with van der Waals surface area (Å²) < 4.78 is 1.33. The van der Waals surface area contributed by atoms with Crippen molar-refractivity contribution < 1.29 is 0 Å². The van der Waals surface area contributed by atoms with Crippen molar-refractivity contribution in [3.05, 3.63) is 155 Å². The van der Waals surface area contributed by atoms with E-state index in [1.54, 1.807) is 0 Å². The molecule has 0 fully saturated rings. The molecule has 0 saturated heterocycles. The fourth-order valence-corrected chi connectivity index (χ4v) is 13.5. The number of nitrogens with zero attached hydrogens (tertiary/aromatic N) is 2. The minimum absolute atomic E-state index is 0.0123. The second-order valence-corrected chi connectivity index (χ2v) is 24.7. The van der Waals surface area contributed by atoms with E-state index in [4.69, 9.17) is 0 Å². The molecule has 328 valence electrons. The molecule has 65 heavy (non-hydrogen) atoms. The van der Waals surface area contributed by atoms with Gasteiger partial charge in [-0.05, 0) is 163 Å². The molecule has 0 spiro atoms. The van der Waals surface area contributed by atoms with Crippen LogP contribution in [0.3, 0.4) is 0 Å². The van der Waals surface area contributed by atoms with Gasteiger partial charge in [-0.1, -0.05) is 161 Å². The Morgan fingerprint density at radius 1 is 0.615 bits per heavy atom. The van der Waals surface area contributed by atoms with Gasteiger partial charge in [0.25, 0.3) is 6.71 Å². The quantitative estimate of drug-likeness (QED) is 0.163. The number of aryl methyl sites for hydroxylation is 1. The summed E-state index contributed by atoms with van der Waals surface area (Å²) in [6.45, 7) is 33.6. The monoisotopic (exact) mass is 868 g/mol. The van der Waals surface area contributed by atoms with Gasteiger partial charge in [0.1, 0.15) is 0 Å². The molecular formula is C61H65BN2S. The summed E-state index contributed by atoms with van der Waals surface area (Å²) in [5, 5.41) is 2.68. The highest BCUT2D eigenvalue weighted by molar-refractivity contribution is 7.26. The second kappa shape index (κ2) is 14.1. The predicted octanol–water partition coefficient (Wildman–Crippen LogP) is 15.6. The molecule has 0 N–H and O–H groups in total. The van der Waals surface area contributed by atoms with Gasteiger partial charge < -0.3 is 9.80 Å². The van der Waals surface area contributed by atoms with Crippen molar-refractivity contribution in [1.29, 1.82) is 0 Å². The Morgan fingerprint density at radius 2 is 1.26 bits per heavy atom. The number of anilines is 6. The summed E-state index contributed by atoms with van der Waals surface area (Å²) in [7, 11) is 0. The summed E-state index contributed by atoms with van der Waals surface area (Å²) >= 11 is 1.95. The highest BCUT2D eigenvalue weighted by Gasteiger charge is 2.50. The van der Waals surface area contributed by atoms with E-state index >= 15 is 0 Å². The first kappa shape index (κ1) is 42.3. The fourth-order valence-electron chi connectivity index (χ4n) is 12.3. The van der Waals surface area contributed by atoms with E-state index in [9.17, 15) is 0 Å². The normalized spacial score (nSPS) is 18.4. The molecule has 4 heteroatoms. The van der Waals surface area contributed by atoms with Crippen LogP contribution < -0.4 is 26.2 Å². The number of hydrogen-bond acceptors (Lipinski definition) is 3. The van der Waals surface area contributed by atoms with E-state index < -0.39 is 0 Å². The molecule has 4 aliphatic rings. The molecule has 2 nitrogen and oxygen atoms in total. The Bertz CT molecular complexity index is 3130. The van der Waals surface area contributed by atoms with E-state index in [-0.39, 0.29) is 33.8 Å². The zero-order chi connectivity index (χ0) is 45.7. The Hall–Kier alpha value is -5.32. The first-order chi connectivity index (χ1) is 30.7. The van der Waals surface area contributed by atoms with Crippen molar-refractivity contribution in [2.75, 3.05) is 9.80 Å². The van der Waals surface area contributed by atoms with Crippen LogP contribution in [0.2, 0.25) is 0 Å². The number of benzene rings is 6. The molecule has 1 aromatic heterocycles. The van der Waals surface area contributed by atoms with Crippen molar-refractivity contribution in [3.63, 3.8) is 0 Å². The number of thiophene rings is 1. The van der Waals surface area contributed by atoms with Crippen molar-refractivity contribution in [2.24, 2.45) is 0 Å². The van der Waals surface area contributed by atoms with Crippen LogP contribution in [0.1, 0.15) is 141 Å². The fraction of sp³-hybridized carbons (Fsp3) is 0.344. The molecule has 0 bridgehead atoms. The maximum absolute atomic E-state index is 4.50. The topological polar surface area (TPSA) is 6.48 Å². The third-order valence-corrected chi connectivity index (χ3v) is 17.5. The van der Waals surface area contributed by atoms with Gasteiger partial charge in [-0.2, -0.15) is 0 Å². The molecule has 0 amide bonds. The maximum atomic E-state index is 4.50. The highest BCUT2D eigenvalue weighted by atomic mass is 32.1. The van der Waals surface area contributed by atoms with E-state index in [0.717, 1.165) is 12.0 Å². The molecule has 7 aromatic rings. The molecule has 3 heterocycles. The lowest BCUT2D eigenvalue weighted by atomic mass is 9.33. The van der Waals surface area contributed by atoms with E-state index in [0.29, 0.717) is 0 Å². The molecule has 0 unspecified atom stereocenters. The minimum atomic E-state index is -0.0312. The van der Waals surface area contributed by atoms with Crippen LogP contribution in [-0.2, 0) is 27.1 Å². The van der Waals surface area contributed by atoms with Crippen molar-refractivity contribution >= 4 is 84.0 Å². The third kappa shape index (κ3) is 6.32. The van der Waals surface area contributed by atoms with Gasteiger partial charge >= 0.3 is 0 Å². The van der Waals surface area contributed by atoms with Gasteiger partial charge in [-0.15, -0.1) is 11.3 Å². The van der Waals surface area contributed by atoms with Crippen LogP contribution in [0.15, 0.2) is 116 Å². The molecule has 11 rings (SSSR count). The Balaban J connectivity index is 1.30. The lowest BCUT2D eigenvalue weighted by molar-refractivity contribution is 0.331. The zero-order valence-corrected chi connectivity index (χ0v) is 41.7. The van der Waals surface area contributed by atoms with Gasteiger partial charge in [-0.25, -0.2) is 0 Å². The van der Waals surface area contributed by atoms with Crippen LogP contribution in [-0.4, -0.2) is 6.71 Å². The summed E-state index contributed by atoms with van der Waals surface area (Å²) in [4.78, 5) is 5.39. The first-order valence-electron chi connectivity index (χ1n) is 24.2. The molecule has 0 radical (unpaired) electrons. The smallest absolute Gasteiger partial charge is 0.254 e. The van der Waals surface area contributed by atoms with Gasteiger partial charge in [0.15, 0.2) is 0 Å². The summed E-state index contributed by atoms with van der Waals surface area (Å²) in [6.07, 6.45) is 6.76. The summed E-state index contributed by atoms with van der Waals surface area (Å²) in [5.41, 5.74) is 23.0. The van der Waals surface area contributed by atoms with Crippen LogP contribution in [0.25, 0.3) is 27.3 Å². The van der Waals surface area contributed by atoms with Gasteiger partial charge in [0.05, 0.1) is 10.7 Å². The van der Waals surface area contributed by atoms with Crippen molar-refractivity contribution in [2.45, 2.75) is 136 Å². The van der Waals surface area contributed by atoms with Gasteiger partial charge in [-0.3, -0.25) is 0 Å². The SMILES string of the molecule is C=Cc1cc2c3c(c1)N(c1ccc4c(c1)C(C)(C)CCC4(C)C)c1c(ccc4c1C(C)(C)CCC4(C)C)B3c1c(sc3ccc(C)cc13)N2c1ccc(C(C)(C)C)cc1-c1ccccc1. The van der Waals surface area contributed by atoms with Gasteiger partial charge in [0, 0.05) is 33.0 Å². The van der Waals surface area contributed by atoms with Crippen LogP contribution in [0.5, 0.6) is 0 Å². The van der Waals surface area contributed by atoms with Crippen LogP contribution in [0, 0.1) is 6.92 Å². The Kier molecular flexibility index (Phi) is 9.18. The second-order valence-electron chi connectivity index (χ2n) is 23.6. The predicted molar refractivity (Wildman–Crippen MR) is 285 cm³/mol. The van der Waals surface area contributed by atoms with Crippen molar-refractivity contribution in [3.8, 4) is 11.1 Å². The van der Waals surface area contributed by atoms with E-state index in [2.05, 4.69) is 215 Å². The lowest BCUT2D eigenvalue weighted by Crippen LogP contribution is -2.61. The molecule has 0 atom stereocenters. The van der Waals surface area contributed by atoms with Crippen LogP contribution in [0.4, 0.5) is 33.4 Å². The average Bonchev–Trinajstić information content (AvgIpc) is 3.64. The molecule has 0 saturated carbocycles. The minimum Gasteiger partial charge on any atom is -0.311 e. The van der Waals surface area contributed by atoms with E-state index in [1.807, 2.05) is 11.3 Å². The Morgan fingerprint density at radius 3 is 1.95 bits per heavy atom. The first-order valence-corrected chi connectivity index (χ1v) is 25.0. The zero-order valence-electron chi connectivity index (χ0n) is 40.9. The van der Waals surface area contributed by atoms with Gasteiger partial charge in [0.2, 0.25) is 0 Å². The number of hydrogen-bond donors (Lipinski definition) is 0. The summed E-state index contributed by atoms with van der Waals surface area (Å²) in [6, 6.07) is 43.0. The maximum Gasteiger partial charge on any atom is 0.254 e. The Labute approximate surface area is 393 Å². The van der Waals surface area contributed by atoms with Crippen molar-refractivity contribution in [1.82, 2.24) is 0 Å². The van der Waals surface area contributed by atoms with Crippen LogP contribution >= 0.6 is 11.3 Å². The number of rotatable bonds is 4. The largest absolute Gasteiger partial charge is 0.311 e. The molecular weight excluding hydrogens is 804 g/mol. The molecule has 2 aliphatic carbocycles. The molecule has 2 aliphatic heterocycles. The molecule has 6 aromatic carbocycles. The number of fused-ring (bicyclic) bond motifs is 9. The van der Waals surface area contributed by atoms with E-state index in [1.165, 1.54) is 124 Å². The third-order valence-electron chi connectivity index (χ3n) is 16.3. The standard InChI is InChI=1S/C61H65BN2S/c1-14-38-33-49-54-50(34-38)64(48-26-21-40(57(3,4)5)35-42(48)39-18-16-15-17-19-39)56-53(43-32-37(2)20-27-51(43)65-56)62(54)47-25-24-45-52(61(12,13)31-30-59(45,8)9)55(47)63(49)41-22-23-44-46(36-41)60(10,11)29-28-58(44,6)7/h14-27,32-36H,1,28-31H2,2-13H3. The lowest BCUT2D eigenvalue weighted by Gasteiger charge is -2.49. The average molecular weight is 869 g/mol. The highest BCUT2D eigenvalue weighted by Crippen LogP contribution is 2.56.